The largest absolute Gasteiger partial charge is 0.336 e. The lowest BCUT2D eigenvalue weighted by Gasteiger charge is -2.03. The molecule has 0 saturated heterocycles. The van der Waals surface area contributed by atoms with Crippen LogP contribution >= 0.6 is 22.9 Å². The number of aryl methyl sites for hydroxylation is 1. The molecule has 0 fully saturated rings. The van der Waals surface area contributed by atoms with Crippen LogP contribution in [-0.2, 0) is 25.7 Å². The number of hydrogen-bond donors (Lipinski definition) is 2. The molecule has 0 spiro atoms. The van der Waals surface area contributed by atoms with E-state index in [4.69, 9.17) is 11.6 Å². The molecule has 11 heteroatoms. The van der Waals surface area contributed by atoms with Gasteiger partial charge in [-0.15, -0.1) is 11.3 Å². The zero-order valence-corrected chi connectivity index (χ0v) is 15.7. The predicted molar refractivity (Wildman–Crippen MR) is 93.6 cm³/mol. The van der Waals surface area contributed by atoms with Crippen molar-refractivity contribution in [3.8, 4) is 0 Å². The molecule has 2 N–H and O–H groups in total. The van der Waals surface area contributed by atoms with E-state index in [1.165, 1.54) is 30.5 Å². The molecule has 0 unspecified atom stereocenters. The highest BCUT2D eigenvalue weighted by Gasteiger charge is 2.14. The van der Waals surface area contributed by atoms with Gasteiger partial charge in [-0.2, -0.15) is 13.1 Å². The van der Waals surface area contributed by atoms with Crippen LogP contribution in [0.3, 0.4) is 0 Å². The minimum Gasteiger partial charge on any atom is -0.300 e. The van der Waals surface area contributed by atoms with E-state index >= 15 is 0 Å². The van der Waals surface area contributed by atoms with Crippen LogP contribution in [0.25, 0.3) is 0 Å². The van der Waals surface area contributed by atoms with Crippen molar-refractivity contribution in [2.45, 2.75) is 13.3 Å². The third-order valence-electron chi connectivity index (χ3n) is 3.02. The maximum absolute atomic E-state index is 13.4. The van der Waals surface area contributed by atoms with Gasteiger partial charge in [-0.3, -0.25) is 10.1 Å². The fraction of sp³-hybridized carbons (Fsp3) is 0.286. The molecule has 1 heterocycles. The fourth-order valence-corrected chi connectivity index (χ4v) is 3.53. The predicted octanol–water partition coefficient (Wildman–Crippen LogP) is 2.25. The summed E-state index contributed by atoms with van der Waals surface area (Å²) in [5.74, 6) is -1.09. The van der Waals surface area contributed by atoms with Gasteiger partial charge in [-0.1, -0.05) is 11.6 Å². The summed E-state index contributed by atoms with van der Waals surface area (Å²) in [6, 6.07) is 4.24. The average Bonchev–Trinajstić information content (AvgIpc) is 2.84. The number of nitrogens with zero attached hydrogens (tertiary/aromatic N) is 1. The smallest absolute Gasteiger partial charge is 0.300 e. The number of carbonyl (C=O) groups is 1. The molecule has 0 aliphatic heterocycles. The Labute approximate surface area is 153 Å². The van der Waals surface area contributed by atoms with Crippen molar-refractivity contribution in [2.24, 2.45) is 0 Å². The summed E-state index contributed by atoms with van der Waals surface area (Å²) >= 11 is 7.04. The standard InChI is InChI=1S/C14H15ClFN3O4S2/c1-8-12(5-9-3-10(15)6-11(16)4-9)24-14(18-8)19-13(20)7-23-25(21,22)17-2/h3-4,6,17H,5,7H2,1-2H3,(H,18,19,20). The number of aromatic nitrogens is 1. The molecule has 1 amide bonds. The maximum Gasteiger partial charge on any atom is 0.336 e. The lowest BCUT2D eigenvalue weighted by Crippen LogP contribution is -2.27. The van der Waals surface area contributed by atoms with E-state index in [1.807, 2.05) is 4.72 Å². The molecule has 0 aliphatic rings. The van der Waals surface area contributed by atoms with Gasteiger partial charge in [-0.25, -0.2) is 13.6 Å². The monoisotopic (exact) mass is 407 g/mol. The van der Waals surface area contributed by atoms with Crippen molar-refractivity contribution in [3.63, 3.8) is 0 Å². The van der Waals surface area contributed by atoms with Gasteiger partial charge in [0.1, 0.15) is 12.4 Å². The number of carbonyl (C=O) groups excluding carboxylic acids is 1. The van der Waals surface area contributed by atoms with Gasteiger partial charge in [-0.05, 0) is 30.7 Å². The minimum atomic E-state index is -3.93. The fourth-order valence-electron chi connectivity index (χ4n) is 1.89. The van der Waals surface area contributed by atoms with Gasteiger partial charge >= 0.3 is 10.3 Å². The van der Waals surface area contributed by atoms with Crippen LogP contribution in [0, 0.1) is 12.7 Å². The van der Waals surface area contributed by atoms with Crippen LogP contribution < -0.4 is 10.0 Å². The second-order valence-corrected chi connectivity index (χ2v) is 8.02. The van der Waals surface area contributed by atoms with E-state index in [9.17, 15) is 17.6 Å². The number of nitrogens with one attached hydrogen (secondary N) is 2. The van der Waals surface area contributed by atoms with Crippen LogP contribution in [0.5, 0.6) is 0 Å². The van der Waals surface area contributed by atoms with Crippen molar-refractivity contribution in [1.82, 2.24) is 9.71 Å². The van der Waals surface area contributed by atoms with Crippen molar-refractivity contribution in [2.75, 3.05) is 19.0 Å². The van der Waals surface area contributed by atoms with Crippen LogP contribution in [-0.4, -0.2) is 33.0 Å². The summed E-state index contributed by atoms with van der Waals surface area (Å²) in [5.41, 5.74) is 1.35. The highest BCUT2D eigenvalue weighted by molar-refractivity contribution is 7.84. The van der Waals surface area contributed by atoms with Gasteiger partial charge in [0.2, 0.25) is 0 Å². The molecule has 0 bridgehead atoms. The number of amides is 1. The van der Waals surface area contributed by atoms with Crippen molar-refractivity contribution in [3.05, 3.63) is 45.2 Å². The van der Waals surface area contributed by atoms with Gasteiger partial charge in [0, 0.05) is 23.4 Å². The van der Waals surface area contributed by atoms with E-state index in [-0.39, 0.29) is 0 Å². The lowest BCUT2D eigenvalue weighted by atomic mass is 10.1. The van der Waals surface area contributed by atoms with Crippen LogP contribution in [0.2, 0.25) is 5.02 Å². The zero-order valence-electron chi connectivity index (χ0n) is 13.3. The van der Waals surface area contributed by atoms with Gasteiger partial charge in [0.25, 0.3) is 5.91 Å². The van der Waals surface area contributed by atoms with Crippen LogP contribution in [0.15, 0.2) is 18.2 Å². The first-order valence-electron chi connectivity index (χ1n) is 6.97. The molecule has 1 aromatic carbocycles. The molecular weight excluding hydrogens is 393 g/mol. The van der Waals surface area contributed by atoms with E-state index in [0.717, 1.165) is 4.88 Å². The SMILES string of the molecule is CNS(=O)(=O)OCC(=O)Nc1nc(C)c(Cc2cc(F)cc(Cl)c2)s1. The number of anilines is 1. The van der Waals surface area contributed by atoms with Crippen LogP contribution in [0.1, 0.15) is 16.1 Å². The second kappa shape index (κ2) is 8.19. The molecule has 136 valence electrons. The summed E-state index contributed by atoms with van der Waals surface area (Å²) in [4.78, 5) is 16.7. The molecule has 0 saturated carbocycles. The quantitative estimate of drug-likeness (QED) is 0.733. The van der Waals surface area contributed by atoms with Crippen molar-refractivity contribution in [1.29, 1.82) is 0 Å². The van der Waals surface area contributed by atoms with E-state index < -0.39 is 28.6 Å². The summed E-state index contributed by atoms with van der Waals surface area (Å²) in [5, 5.41) is 3.06. The first kappa shape index (κ1) is 19.7. The third-order valence-corrected chi connectivity index (χ3v) is 5.24. The van der Waals surface area contributed by atoms with Gasteiger partial charge in [0.05, 0.1) is 5.69 Å². The first-order chi connectivity index (χ1) is 11.7. The number of hydrogen-bond acceptors (Lipinski definition) is 6. The molecule has 7 nitrogen and oxygen atoms in total. The van der Waals surface area contributed by atoms with E-state index in [1.54, 1.807) is 13.0 Å². The van der Waals surface area contributed by atoms with Crippen molar-refractivity contribution < 1.29 is 21.8 Å². The Morgan fingerprint density at radius 1 is 1.40 bits per heavy atom. The van der Waals surface area contributed by atoms with Gasteiger partial charge in [0.15, 0.2) is 5.13 Å². The Morgan fingerprint density at radius 2 is 2.12 bits per heavy atom. The number of rotatable bonds is 7. The topological polar surface area (TPSA) is 97.4 Å². The molecule has 0 atom stereocenters. The number of benzene rings is 1. The molecule has 1 aromatic heterocycles. The Hall–Kier alpha value is -1.59. The van der Waals surface area contributed by atoms with E-state index in [0.29, 0.717) is 27.8 Å². The molecular formula is C14H15ClFN3O4S2. The molecule has 0 aliphatic carbocycles. The summed E-state index contributed by atoms with van der Waals surface area (Å²) in [6.45, 7) is 1.08. The number of thiazole rings is 1. The molecule has 0 radical (unpaired) electrons. The summed E-state index contributed by atoms with van der Waals surface area (Å²) < 4.78 is 42.0. The molecule has 2 aromatic rings. The highest BCUT2D eigenvalue weighted by Crippen LogP contribution is 2.26. The van der Waals surface area contributed by atoms with E-state index in [2.05, 4.69) is 14.5 Å². The average molecular weight is 408 g/mol. The van der Waals surface area contributed by atoms with Gasteiger partial charge < -0.3 is 0 Å². The Kier molecular flexibility index (Phi) is 6.47. The Balaban J connectivity index is 2.03. The maximum atomic E-state index is 13.4. The minimum absolute atomic E-state index is 0.297. The first-order valence-corrected chi connectivity index (χ1v) is 9.58. The summed E-state index contributed by atoms with van der Waals surface area (Å²) in [6.07, 6.45) is 0.404. The molecule has 25 heavy (non-hydrogen) atoms. The number of halogens is 2. The normalized spacial score (nSPS) is 11.5. The summed E-state index contributed by atoms with van der Waals surface area (Å²) in [7, 11) is -2.77. The highest BCUT2D eigenvalue weighted by atomic mass is 35.5. The zero-order chi connectivity index (χ0) is 18.6. The Bertz CT molecular complexity index is 866. The second-order valence-electron chi connectivity index (χ2n) is 4.95. The molecule has 2 rings (SSSR count). The lowest BCUT2D eigenvalue weighted by molar-refractivity contribution is -0.118. The Morgan fingerprint density at radius 3 is 2.76 bits per heavy atom. The van der Waals surface area contributed by atoms with Crippen molar-refractivity contribution >= 4 is 44.3 Å². The van der Waals surface area contributed by atoms with Crippen LogP contribution in [0.4, 0.5) is 9.52 Å². The third kappa shape index (κ3) is 6.01.